The van der Waals surface area contributed by atoms with Crippen LogP contribution < -0.4 is 0 Å². The number of hydrogen-bond acceptors (Lipinski definition) is 8. The minimum absolute atomic E-state index is 0.0463. The molecule has 3 N–H and O–H groups in total. The number of imidazole rings is 1. The second-order valence-electron chi connectivity index (χ2n) is 11.8. The predicted octanol–water partition coefficient (Wildman–Crippen LogP) is 2.70. The Balaban J connectivity index is 1.48. The number of aliphatic hydroxyl groups excluding tert-OH is 2. The van der Waals surface area contributed by atoms with Crippen LogP contribution >= 0.6 is 11.3 Å². The molecule has 4 aliphatic rings. The maximum Gasteiger partial charge on any atom is 0.358 e. The van der Waals surface area contributed by atoms with Crippen molar-refractivity contribution in [2.24, 2.45) is 34.5 Å². The lowest BCUT2D eigenvalue weighted by molar-refractivity contribution is -0.190. The van der Waals surface area contributed by atoms with E-state index in [1.165, 1.54) is 11.3 Å². The Kier molecular flexibility index (Phi) is 4.92. The summed E-state index contributed by atoms with van der Waals surface area (Å²) in [5, 5.41) is 36.2. The van der Waals surface area contributed by atoms with Crippen LogP contribution in [-0.4, -0.2) is 60.9 Å². The topological polar surface area (TPSA) is 121 Å². The fourth-order valence-electron chi connectivity index (χ4n) is 7.90. The van der Waals surface area contributed by atoms with Crippen LogP contribution in [0.2, 0.25) is 0 Å². The summed E-state index contributed by atoms with van der Waals surface area (Å²) in [6.45, 7) is 9.18. The Morgan fingerprint density at radius 2 is 2.06 bits per heavy atom. The number of fused-ring (bicyclic) bond motifs is 4. The molecule has 0 aromatic carbocycles. The molecule has 8 atom stereocenters. The molecule has 2 aromatic heterocycles. The zero-order valence-electron chi connectivity index (χ0n) is 21.1. The molecule has 192 valence electrons. The highest BCUT2D eigenvalue weighted by molar-refractivity contribution is 7.15. The molecule has 2 aromatic rings. The third kappa shape index (κ3) is 2.67. The second-order valence-corrected chi connectivity index (χ2v) is 12.6. The standard InChI is InChI=1S/C27H32N2O6S/c1-12-10-26-13(2)8-17-18(25(17,4)5)16(21(26)32)9-15(11-30)20(31)27(26,34)22(12)35-23(33)19-14(3)28-24-29(19)6-7-36-24/h6-7,9-10,13,16-18,20,22,30-31,34H,8,11H2,1-5H3/t13-,16+,17-,18+,20-,22+,26+,27+/m1/s1. The van der Waals surface area contributed by atoms with Gasteiger partial charge in [0.15, 0.2) is 28.1 Å². The molecule has 0 radical (unpaired) electrons. The molecule has 0 saturated heterocycles. The molecule has 2 fully saturated rings. The van der Waals surface area contributed by atoms with E-state index in [1.807, 2.05) is 12.3 Å². The Morgan fingerprint density at radius 3 is 2.75 bits per heavy atom. The molecule has 0 unspecified atom stereocenters. The summed E-state index contributed by atoms with van der Waals surface area (Å²) in [6.07, 6.45) is 2.99. The first-order valence-corrected chi connectivity index (χ1v) is 13.4. The van der Waals surface area contributed by atoms with Gasteiger partial charge in [-0.2, -0.15) is 0 Å². The van der Waals surface area contributed by atoms with Gasteiger partial charge in [0.1, 0.15) is 6.10 Å². The average molecular weight is 513 g/mol. The highest BCUT2D eigenvalue weighted by Crippen LogP contribution is 2.71. The van der Waals surface area contributed by atoms with Gasteiger partial charge < -0.3 is 20.1 Å². The third-order valence-corrected chi connectivity index (χ3v) is 10.5. The average Bonchev–Trinajstić information content (AvgIpc) is 3.13. The first-order valence-electron chi connectivity index (χ1n) is 12.5. The number of esters is 1. The summed E-state index contributed by atoms with van der Waals surface area (Å²) in [5.74, 6) is -1.36. The summed E-state index contributed by atoms with van der Waals surface area (Å²) in [6, 6.07) is 0. The molecule has 8 nitrogen and oxygen atoms in total. The van der Waals surface area contributed by atoms with Crippen LogP contribution in [0, 0.1) is 41.4 Å². The van der Waals surface area contributed by atoms with Gasteiger partial charge in [-0.15, -0.1) is 11.3 Å². The number of Topliss-reactive ketones (excluding diaryl/α,β-unsaturated/α-hetero) is 1. The lowest BCUT2D eigenvalue weighted by Gasteiger charge is -2.48. The number of ketones is 1. The number of ether oxygens (including phenoxy) is 1. The van der Waals surface area contributed by atoms with E-state index in [-0.39, 0.29) is 40.2 Å². The molecular weight excluding hydrogens is 480 g/mol. The van der Waals surface area contributed by atoms with E-state index in [0.29, 0.717) is 22.6 Å². The molecule has 2 heterocycles. The lowest BCUT2D eigenvalue weighted by Crippen LogP contribution is -2.65. The van der Waals surface area contributed by atoms with Crippen molar-refractivity contribution in [3.05, 3.63) is 46.3 Å². The molecule has 4 aliphatic carbocycles. The van der Waals surface area contributed by atoms with Crippen molar-refractivity contribution in [2.75, 3.05) is 6.61 Å². The largest absolute Gasteiger partial charge is 0.450 e. The van der Waals surface area contributed by atoms with E-state index in [1.54, 1.807) is 36.6 Å². The third-order valence-electron chi connectivity index (χ3n) is 9.75. The first kappa shape index (κ1) is 24.0. The fraction of sp³-hybridized carbons (Fsp3) is 0.593. The Bertz CT molecular complexity index is 1370. The van der Waals surface area contributed by atoms with Gasteiger partial charge in [-0.3, -0.25) is 9.20 Å². The fourth-order valence-corrected chi connectivity index (χ4v) is 8.66. The summed E-state index contributed by atoms with van der Waals surface area (Å²) in [4.78, 5) is 33.0. The van der Waals surface area contributed by atoms with E-state index in [9.17, 15) is 24.9 Å². The van der Waals surface area contributed by atoms with Crippen LogP contribution in [0.25, 0.3) is 4.96 Å². The van der Waals surface area contributed by atoms with Gasteiger partial charge in [0, 0.05) is 17.5 Å². The number of thiazole rings is 1. The molecular formula is C27H32N2O6S. The van der Waals surface area contributed by atoms with Crippen molar-refractivity contribution >= 4 is 28.1 Å². The second kappa shape index (κ2) is 7.37. The van der Waals surface area contributed by atoms with Gasteiger partial charge in [0.2, 0.25) is 0 Å². The monoisotopic (exact) mass is 512 g/mol. The van der Waals surface area contributed by atoms with Crippen LogP contribution in [-0.2, 0) is 9.53 Å². The van der Waals surface area contributed by atoms with Crippen molar-refractivity contribution in [1.82, 2.24) is 9.38 Å². The van der Waals surface area contributed by atoms with Gasteiger partial charge in [0.05, 0.1) is 17.7 Å². The summed E-state index contributed by atoms with van der Waals surface area (Å²) >= 11 is 1.39. The number of nitrogens with zero attached hydrogens (tertiary/aromatic N) is 2. The van der Waals surface area contributed by atoms with E-state index in [4.69, 9.17) is 4.74 Å². The van der Waals surface area contributed by atoms with E-state index < -0.39 is 41.7 Å². The maximum atomic E-state index is 14.4. The first-order chi connectivity index (χ1) is 16.9. The highest BCUT2D eigenvalue weighted by atomic mass is 32.1. The summed E-state index contributed by atoms with van der Waals surface area (Å²) in [5.41, 5.74) is -2.21. The van der Waals surface area contributed by atoms with Crippen molar-refractivity contribution < 1.29 is 29.6 Å². The van der Waals surface area contributed by atoms with Gasteiger partial charge in [-0.25, -0.2) is 9.78 Å². The van der Waals surface area contributed by atoms with E-state index in [2.05, 4.69) is 18.8 Å². The zero-order valence-corrected chi connectivity index (χ0v) is 21.9. The number of carbonyl (C=O) groups is 2. The van der Waals surface area contributed by atoms with Crippen LogP contribution in [0.3, 0.4) is 0 Å². The van der Waals surface area contributed by atoms with Gasteiger partial charge in [0.25, 0.3) is 0 Å². The van der Waals surface area contributed by atoms with Crippen LogP contribution in [0.15, 0.2) is 34.9 Å². The minimum atomic E-state index is -2.15. The number of carbonyl (C=O) groups excluding carboxylic acids is 2. The number of rotatable bonds is 3. The minimum Gasteiger partial charge on any atom is -0.450 e. The van der Waals surface area contributed by atoms with Crippen molar-refractivity contribution in [3.63, 3.8) is 0 Å². The van der Waals surface area contributed by atoms with Crippen LogP contribution in [0.5, 0.6) is 0 Å². The number of allylic oxidation sites excluding steroid dienone is 1. The van der Waals surface area contributed by atoms with Gasteiger partial charge >= 0.3 is 5.97 Å². The Hall–Kier alpha value is -2.33. The van der Waals surface area contributed by atoms with Gasteiger partial charge in [-0.05, 0) is 54.6 Å². The highest BCUT2D eigenvalue weighted by Gasteiger charge is 2.76. The van der Waals surface area contributed by atoms with Gasteiger partial charge in [-0.1, -0.05) is 32.9 Å². The number of aromatic nitrogens is 2. The zero-order chi connectivity index (χ0) is 25.9. The Morgan fingerprint density at radius 1 is 1.33 bits per heavy atom. The molecule has 2 bridgehead atoms. The Labute approximate surface area is 213 Å². The lowest BCUT2D eigenvalue weighted by atomic mass is 9.59. The van der Waals surface area contributed by atoms with Crippen molar-refractivity contribution in [3.8, 4) is 0 Å². The normalized spacial score (nSPS) is 40.6. The quantitative estimate of drug-likeness (QED) is 0.427. The van der Waals surface area contributed by atoms with E-state index >= 15 is 0 Å². The molecule has 36 heavy (non-hydrogen) atoms. The summed E-state index contributed by atoms with van der Waals surface area (Å²) < 4.78 is 7.63. The molecule has 1 spiro atoms. The summed E-state index contributed by atoms with van der Waals surface area (Å²) in [7, 11) is 0. The van der Waals surface area contributed by atoms with E-state index in [0.717, 1.165) is 0 Å². The SMILES string of the molecule is CC1=C[C@]23C(=O)[C@@H](C=C(CO)[C@@H](O)[C@]2(O)[C@H]1OC(=O)c1c(C)nc2sccn12)[C@H]1[C@@H](C[C@H]3C)C1(C)C. The van der Waals surface area contributed by atoms with Crippen molar-refractivity contribution in [1.29, 1.82) is 0 Å². The molecule has 6 rings (SSSR count). The van der Waals surface area contributed by atoms with Crippen LogP contribution in [0.1, 0.15) is 50.3 Å². The smallest absolute Gasteiger partial charge is 0.358 e. The maximum absolute atomic E-state index is 14.4. The van der Waals surface area contributed by atoms with Crippen LogP contribution in [0.4, 0.5) is 0 Å². The predicted molar refractivity (Wildman–Crippen MR) is 132 cm³/mol. The molecule has 0 amide bonds. The van der Waals surface area contributed by atoms with Crippen molar-refractivity contribution in [2.45, 2.75) is 58.8 Å². The number of aryl methyl sites for hydroxylation is 1. The molecule has 9 heteroatoms. The molecule has 2 saturated carbocycles. The molecule has 0 aliphatic heterocycles. The number of hydrogen-bond donors (Lipinski definition) is 3. The number of aliphatic hydroxyl groups is 3.